The lowest BCUT2D eigenvalue weighted by Gasteiger charge is -2.21. The van der Waals surface area contributed by atoms with E-state index in [-0.39, 0.29) is 5.91 Å². The number of aromatic amines is 1. The second kappa shape index (κ2) is 7.68. The molecule has 2 N–H and O–H groups in total. The minimum Gasteiger partial charge on any atom is -0.361 e. The quantitative estimate of drug-likeness (QED) is 0.500. The van der Waals surface area contributed by atoms with E-state index >= 15 is 0 Å². The van der Waals surface area contributed by atoms with Crippen molar-refractivity contribution >= 4 is 38.2 Å². The van der Waals surface area contributed by atoms with Crippen LogP contribution < -0.4 is 9.62 Å². The Hall–Kier alpha value is -3.58. The van der Waals surface area contributed by atoms with Gasteiger partial charge < -0.3 is 10.3 Å². The molecule has 0 fully saturated rings. The van der Waals surface area contributed by atoms with Crippen LogP contribution in [0.1, 0.15) is 10.4 Å². The molecule has 30 heavy (non-hydrogen) atoms. The fourth-order valence-corrected chi connectivity index (χ4v) is 3.88. The number of carbonyl (C=O) groups is 1. The van der Waals surface area contributed by atoms with Gasteiger partial charge in [-0.1, -0.05) is 48.5 Å². The first-order chi connectivity index (χ1) is 14.3. The molecule has 0 aliphatic carbocycles. The van der Waals surface area contributed by atoms with Crippen LogP contribution in [0.15, 0.2) is 79.0 Å². The number of anilines is 2. The second-order valence-electron chi connectivity index (χ2n) is 7.03. The Bertz CT molecular complexity index is 1330. The van der Waals surface area contributed by atoms with E-state index in [9.17, 15) is 13.2 Å². The van der Waals surface area contributed by atoms with Gasteiger partial charge in [0.1, 0.15) is 0 Å². The van der Waals surface area contributed by atoms with E-state index < -0.39 is 10.0 Å². The molecule has 0 radical (unpaired) electrons. The summed E-state index contributed by atoms with van der Waals surface area (Å²) in [4.78, 5) is 16.2. The van der Waals surface area contributed by atoms with Gasteiger partial charge in [0, 0.05) is 18.6 Å². The van der Waals surface area contributed by atoms with Gasteiger partial charge in [-0.25, -0.2) is 8.42 Å². The SMILES string of the molecule is CN(c1ccc(-c2ccccc2)cc1NC(=O)c1cccc2cc[nH]c12)S(C)(=O)=O. The number of para-hydroxylation sites is 1. The normalized spacial score (nSPS) is 11.4. The molecule has 152 valence electrons. The van der Waals surface area contributed by atoms with Crippen LogP contribution in [0.3, 0.4) is 0 Å². The number of nitrogens with zero attached hydrogens (tertiary/aromatic N) is 1. The van der Waals surface area contributed by atoms with Crippen LogP contribution in [0.2, 0.25) is 0 Å². The average molecular weight is 420 g/mol. The Morgan fingerprint density at radius 2 is 1.70 bits per heavy atom. The van der Waals surface area contributed by atoms with Crippen LogP contribution in [0.4, 0.5) is 11.4 Å². The van der Waals surface area contributed by atoms with Crippen LogP contribution in [-0.4, -0.2) is 32.6 Å². The second-order valence-corrected chi connectivity index (χ2v) is 9.04. The summed E-state index contributed by atoms with van der Waals surface area (Å²) in [6.07, 6.45) is 2.91. The molecule has 0 unspecified atom stereocenters. The molecule has 4 rings (SSSR count). The summed E-state index contributed by atoms with van der Waals surface area (Å²) in [7, 11) is -2.04. The zero-order valence-electron chi connectivity index (χ0n) is 16.6. The lowest BCUT2D eigenvalue weighted by Crippen LogP contribution is -2.26. The van der Waals surface area contributed by atoms with E-state index in [1.165, 1.54) is 7.05 Å². The lowest BCUT2D eigenvalue weighted by atomic mass is 10.0. The number of hydrogen-bond donors (Lipinski definition) is 2. The van der Waals surface area contributed by atoms with Crippen molar-refractivity contribution in [3.8, 4) is 11.1 Å². The molecule has 1 aromatic heterocycles. The van der Waals surface area contributed by atoms with Crippen molar-refractivity contribution in [1.82, 2.24) is 4.98 Å². The highest BCUT2D eigenvalue weighted by Crippen LogP contribution is 2.33. The number of carbonyl (C=O) groups excluding carboxylic acids is 1. The zero-order valence-corrected chi connectivity index (χ0v) is 17.4. The van der Waals surface area contributed by atoms with Gasteiger partial charge in [-0.15, -0.1) is 0 Å². The maximum atomic E-state index is 13.1. The van der Waals surface area contributed by atoms with Gasteiger partial charge in [0.05, 0.1) is 28.7 Å². The van der Waals surface area contributed by atoms with E-state index in [0.29, 0.717) is 16.9 Å². The monoisotopic (exact) mass is 419 g/mol. The van der Waals surface area contributed by atoms with Crippen LogP contribution in [0.25, 0.3) is 22.0 Å². The van der Waals surface area contributed by atoms with E-state index in [0.717, 1.165) is 32.6 Å². The van der Waals surface area contributed by atoms with Crippen molar-refractivity contribution < 1.29 is 13.2 Å². The summed E-state index contributed by atoms with van der Waals surface area (Å²) in [6.45, 7) is 0. The molecule has 4 aromatic rings. The van der Waals surface area contributed by atoms with Crippen molar-refractivity contribution in [2.24, 2.45) is 0 Å². The predicted molar refractivity (Wildman–Crippen MR) is 121 cm³/mol. The number of H-pyrrole nitrogens is 1. The first-order valence-corrected chi connectivity index (χ1v) is 11.2. The third-order valence-corrected chi connectivity index (χ3v) is 6.21. The van der Waals surface area contributed by atoms with Crippen molar-refractivity contribution in [2.45, 2.75) is 0 Å². The Kier molecular flexibility index (Phi) is 5.05. The fraction of sp³-hybridized carbons (Fsp3) is 0.0870. The molecular weight excluding hydrogens is 398 g/mol. The molecule has 1 amide bonds. The van der Waals surface area contributed by atoms with E-state index in [1.807, 2.05) is 54.6 Å². The maximum absolute atomic E-state index is 13.1. The van der Waals surface area contributed by atoms with Gasteiger partial charge in [-0.3, -0.25) is 9.10 Å². The van der Waals surface area contributed by atoms with Crippen molar-refractivity contribution in [3.05, 3.63) is 84.6 Å². The van der Waals surface area contributed by atoms with Gasteiger partial charge in [0.2, 0.25) is 10.0 Å². The number of aromatic nitrogens is 1. The van der Waals surface area contributed by atoms with E-state index in [2.05, 4.69) is 10.3 Å². The average Bonchev–Trinajstić information content (AvgIpc) is 3.22. The van der Waals surface area contributed by atoms with Gasteiger partial charge in [0.25, 0.3) is 5.91 Å². The molecule has 0 bridgehead atoms. The summed E-state index contributed by atoms with van der Waals surface area (Å²) >= 11 is 0. The van der Waals surface area contributed by atoms with Gasteiger partial charge in [0.15, 0.2) is 0 Å². The molecule has 0 aliphatic heterocycles. The molecular formula is C23H21N3O3S. The molecule has 0 aliphatic rings. The number of amides is 1. The van der Waals surface area contributed by atoms with Crippen LogP contribution in [0.5, 0.6) is 0 Å². The Morgan fingerprint density at radius 3 is 2.43 bits per heavy atom. The van der Waals surface area contributed by atoms with Crippen molar-refractivity contribution in [2.75, 3.05) is 22.9 Å². The van der Waals surface area contributed by atoms with Gasteiger partial charge >= 0.3 is 0 Å². The number of rotatable bonds is 5. The summed E-state index contributed by atoms with van der Waals surface area (Å²) < 4.78 is 25.4. The lowest BCUT2D eigenvalue weighted by molar-refractivity contribution is 0.102. The molecule has 1 heterocycles. The van der Waals surface area contributed by atoms with Crippen molar-refractivity contribution in [3.63, 3.8) is 0 Å². The minimum atomic E-state index is -3.51. The number of nitrogens with one attached hydrogen (secondary N) is 2. The maximum Gasteiger partial charge on any atom is 0.257 e. The summed E-state index contributed by atoms with van der Waals surface area (Å²) in [5.41, 5.74) is 3.85. The predicted octanol–water partition coefficient (Wildman–Crippen LogP) is 4.48. The Morgan fingerprint density at radius 1 is 0.933 bits per heavy atom. The molecule has 6 nitrogen and oxygen atoms in total. The summed E-state index contributed by atoms with van der Waals surface area (Å²) in [6, 6.07) is 22.4. The Labute approximate surface area is 175 Å². The smallest absolute Gasteiger partial charge is 0.257 e. The van der Waals surface area contributed by atoms with Crippen molar-refractivity contribution in [1.29, 1.82) is 0 Å². The number of sulfonamides is 1. The standard InChI is InChI=1S/C23H21N3O3S/c1-26(30(2,28)29)21-12-11-18(16-7-4-3-5-8-16)15-20(21)25-23(27)19-10-6-9-17-13-14-24-22(17)19/h3-15,24H,1-2H3,(H,25,27). The third kappa shape index (κ3) is 3.79. The molecule has 0 saturated carbocycles. The number of benzene rings is 3. The van der Waals surface area contributed by atoms with Gasteiger partial charge in [-0.2, -0.15) is 0 Å². The minimum absolute atomic E-state index is 0.323. The summed E-state index contributed by atoms with van der Waals surface area (Å²) in [5, 5.41) is 3.83. The molecule has 0 saturated heterocycles. The van der Waals surface area contributed by atoms with Crippen LogP contribution >= 0.6 is 0 Å². The fourth-order valence-electron chi connectivity index (χ4n) is 3.36. The highest BCUT2D eigenvalue weighted by Gasteiger charge is 2.19. The molecule has 3 aromatic carbocycles. The first-order valence-electron chi connectivity index (χ1n) is 9.35. The number of hydrogen-bond acceptors (Lipinski definition) is 3. The highest BCUT2D eigenvalue weighted by atomic mass is 32.2. The highest BCUT2D eigenvalue weighted by molar-refractivity contribution is 7.92. The zero-order chi connectivity index (χ0) is 21.3. The summed E-state index contributed by atoms with van der Waals surface area (Å²) in [5.74, 6) is -0.323. The largest absolute Gasteiger partial charge is 0.361 e. The Balaban J connectivity index is 1.79. The topological polar surface area (TPSA) is 82.3 Å². The van der Waals surface area contributed by atoms with E-state index in [4.69, 9.17) is 0 Å². The molecule has 0 spiro atoms. The first kappa shape index (κ1) is 19.7. The molecule has 7 heteroatoms. The van der Waals surface area contributed by atoms with Gasteiger partial charge in [-0.05, 0) is 35.4 Å². The van der Waals surface area contributed by atoms with E-state index in [1.54, 1.807) is 24.4 Å². The number of fused-ring (bicyclic) bond motifs is 1. The molecule has 0 atom stereocenters. The third-order valence-electron chi connectivity index (χ3n) is 5.02. The van der Waals surface area contributed by atoms with Crippen LogP contribution in [0, 0.1) is 0 Å². The van der Waals surface area contributed by atoms with Crippen LogP contribution in [-0.2, 0) is 10.0 Å².